The Balaban J connectivity index is 0.000000396. The number of hydrogen-bond acceptors (Lipinski definition) is 2. The van der Waals surface area contributed by atoms with Gasteiger partial charge in [-0.1, -0.05) is 32.0 Å². The Labute approximate surface area is 76.8 Å². The molecular weight excluding hydrogens is 164 g/mol. The molecule has 2 aromatic rings. The molecule has 1 aromatic heterocycles. The summed E-state index contributed by atoms with van der Waals surface area (Å²) in [4.78, 5) is 11.0. The van der Waals surface area contributed by atoms with Crippen LogP contribution >= 0.6 is 0 Å². The van der Waals surface area contributed by atoms with Gasteiger partial charge in [-0.2, -0.15) is 0 Å². The average Bonchev–Trinajstić information content (AvgIpc) is 2.22. The van der Waals surface area contributed by atoms with E-state index in [1.165, 1.54) is 6.26 Å². The van der Waals surface area contributed by atoms with E-state index in [1.807, 2.05) is 32.0 Å². The van der Waals surface area contributed by atoms with Gasteiger partial charge in [0.1, 0.15) is 0 Å². The molecule has 2 heteroatoms. The van der Waals surface area contributed by atoms with E-state index in [0.717, 1.165) is 5.39 Å². The maximum Gasteiger partial charge on any atom is 0.343 e. The van der Waals surface area contributed by atoms with Crippen molar-refractivity contribution in [1.29, 1.82) is 0 Å². The van der Waals surface area contributed by atoms with Crippen molar-refractivity contribution >= 4 is 10.8 Å². The third-order valence-electron chi connectivity index (χ3n) is 1.60. The molecule has 0 aliphatic carbocycles. The van der Waals surface area contributed by atoms with Gasteiger partial charge in [0.05, 0.1) is 11.6 Å². The fraction of sp³-hybridized carbons (Fsp3) is 0.182. The monoisotopic (exact) mass is 176 g/mol. The molecule has 1 aromatic carbocycles. The van der Waals surface area contributed by atoms with Gasteiger partial charge >= 0.3 is 5.63 Å². The lowest BCUT2D eigenvalue weighted by molar-refractivity contribution is 0.519. The van der Waals surface area contributed by atoms with E-state index in [4.69, 9.17) is 0 Å². The maximum absolute atomic E-state index is 11.0. The van der Waals surface area contributed by atoms with E-state index in [9.17, 15) is 4.79 Å². The molecule has 0 N–H and O–H groups in total. The first kappa shape index (κ1) is 9.52. The fourth-order valence-electron chi connectivity index (χ4n) is 1.06. The first-order valence-corrected chi connectivity index (χ1v) is 4.34. The Bertz CT molecular complexity index is 424. The van der Waals surface area contributed by atoms with Gasteiger partial charge < -0.3 is 4.42 Å². The van der Waals surface area contributed by atoms with Gasteiger partial charge in [-0.05, 0) is 17.5 Å². The predicted molar refractivity (Wildman–Crippen MR) is 53.8 cm³/mol. The topological polar surface area (TPSA) is 30.2 Å². The Kier molecular flexibility index (Phi) is 3.26. The standard InChI is InChI=1S/C9H6O2.C2H6/c10-9-8-4-2-1-3-7(8)5-6-11-9;1-2/h1-6H;1-2H3. The quantitative estimate of drug-likeness (QED) is 0.617. The SMILES string of the molecule is CC.O=c1occc2ccccc12. The van der Waals surface area contributed by atoms with Crippen LogP contribution in [0.2, 0.25) is 0 Å². The van der Waals surface area contributed by atoms with Crippen LogP contribution in [0.25, 0.3) is 10.8 Å². The summed E-state index contributed by atoms with van der Waals surface area (Å²) in [6, 6.07) is 9.12. The number of benzene rings is 1. The molecule has 0 saturated heterocycles. The van der Waals surface area contributed by atoms with Crippen LogP contribution in [0.4, 0.5) is 0 Å². The lowest BCUT2D eigenvalue weighted by atomic mass is 10.2. The first-order valence-electron chi connectivity index (χ1n) is 4.34. The molecule has 0 aliphatic rings. The number of hydrogen-bond donors (Lipinski definition) is 0. The summed E-state index contributed by atoms with van der Waals surface area (Å²) in [6.07, 6.45) is 1.41. The second-order valence-corrected chi connectivity index (χ2v) is 2.30. The van der Waals surface area contributed by atoms with Crippen LogP contribution in [0, 0.1) is 0 Å². The summed E-state index contributed by atoms with van der Waals surface area (Å²) in [5, 5.41) is 1.55. The summed E-state index contributed by atoms with van der Waals surface area (Å²) >= 11 is 0. The number of fused-ring (bicyclic) bond motifs is 1. The van der Waals surface area contributed by atoms with E-state index < -0.39 is 0 Å². The molecule has 0 bridgehead atoms. The second-order valence-electron chi connectivity index (χ2n) is 2.30. The minimum Gasteiger partial charge on any atom is -0.431 e. The van der Waals surface area contributed by atoms with E-state index in [2.05, 4.69) is 4.42 Å². The maximum atomic E-state index is 11.0. The van der Waals surface area contributed by atoms with Crippen molar-refractivity contribution in [1.82, 2.24) is 0 Å². The molecule has 1 heterocycles. The minimum atomic E-state index is -0.275. The molecular formula is C11H12O2. The summed E-state index contributed by atoms with van der Waals surface area (Å²) in [5.41, 5.74) is -0.275. The largest absolute Gasteiger partial charge is 0.431 e. The summed E-state index contributed by atoms with van der Waals surface area (Å²) in [7, 11) is 0. The van der Waals surface area contributed by atoms with Gasteiger partial charge in [0.25, 0.3) is 0 Å². The van der Waals surface area contributed by atoms with Crippen molar-refractivity contribution in [3.8, 4) is 0 Å². The summed E-state index contributed by atoms with van der Waals surface area (Å²) < 4.78 is 4.68. The van der Waals surface area contributed by atoms with Gasteiger partial charge in [-0.3, -0.25) is 0 Å². The normalized spacial score (nSPS) is 9.08. The molecule has 2 nitrogen and oxygen atoms in total. The molecule has 2 rings (SSSR count). The molecule has 0 atom stereocenters. The van der Waals surface area contributed by atoms with Crippen molar-refractivity contribution in [2.75, 3.05) is 0 Å². The van der Waals surface area contributed by atoms with Crippen LogP contribution in [-0.4, -0.2) is 0 Å². The first-order chi connectivity index (χ1) is 6.38. The molecule has 0 unspecified atom stereocenters. The van der Waals surface area contributed by atoms with E-state index in [1.54, 1.807) is 12.1 Å². The molecule has 0 fully saturated rings. The van der Waals surface area contributed by atoms with Crippen LogP contribution < -0.4 is 5.63 Å². The van der Waals surface area contributed by atoms with Gasteiger partial charge in [0, 0.05) is 0 Å². The molecule has 0 amide bonds. The van der Waals surface area contributed by atoms with Crippen molar-refractivity contribution < 1.29 is 4.42 Å². The van der Waals surface area contributed by atoms with Crippen LogP contribution in [0.1, 0.15) is 13.8 Å². The fourth-order valence-corrected chi connectivity index (χ4v) is 1.06. The van der Waals surface area contributed by atoms with Gasteiger partial charge in [-0.25, -0.2) is 4.79 Å². The van der Waals surface area contributed by atoms with Crippen LogP contribution in [-0.2, 0) is 0 Å². The lowest BCUT2D eigenvalue weighted by Gasteiger charge is -1.91. The van der Waals surface area contributed by atoms with E-state index in [-0.39, 0.29) is 5.63 Å². The minimum absolute atomic E-state index is 0.275. The highest BCUT2D eigenvalue weighted by molar-refractivity contribution is 5.80. The molecule has 0 radical (unpaired) electrons. The third-order valence-corrected chi connectivity index (χ3v) is 1.60. The Hall–Kier alpha value is -1.57. The van der Waals surface area contributed by atoms with Crippen LogP contribution in [0.3, 0.4) is 0 Å². The smallest absolute Gasteiger partial charge is 0.343 e. The second kappa shape index (κ2) is 4.45. The lowest BCUT2D eigenvalue weighted by Crippen LogP contribution is -1.96. The van der Waals surface area contributed by atoms with E-state index >= 15 is 0 Å². The van der Waals surface area contributed by atoms with Crippen LogP contribution in [0.5, 0.6) is 0 Å². The zero-order valence-electron chi connectivity index (χ0n) is 7.78. The highest BCUT2D eigenvalue weighted by Gasteiger charge is 1.94. The van der Waals surface area contributed by atoms with Crippen molar-refractivity contribution in [2.24, 2.45) is 0 Å². The third kappa shape index (κ3) is 1.96. The average molecular weight is 176 g/mol. The summed E-state index contributed by atoms with van der Waals surface area (Å²) in [6.45, 7) is 4.00. The number of rotatable bonds is 0. The van der Waals surface area contributed by atoms with Gasteiger partial charge in [-0.15, -0.1) is 0 Å². The zero-order valence-corrected chi connectivity index (χ0v) is 7.78. The van der Waals surface area contributed by atoms with E-state index in [0.29, 0.717) is 5.39 Å². The Morgan fingerprint density at radius 1 is 1.08 bits per heavy atom. The molecule has 0 saturated carbocycles. The van der Waals surface area contributed by atoms with Crippen LogP contribution in [0.15, 0.2) is 45.8 Å². The predicted octanol–water partition coefficient (Wildman–Crippen LogP) is 2.82. The molecule has 68 valence electrons. The van der Waals surface area contributed by atoms with Crippen molar-refractivity contribution in [3.05, 3.63) is 47.0 Å². The molecule has 0 spiro atoms. The van der Waals surface area contributed by atoms with Crippen molar-refractivity contribution in [2.45, 2.75) is 13.8 Å². The Morgan fingerprint density at radius 2 is 1.77 bits per heavy atom. The van der Waals surface area contributed by atoms with Gasteiger partial charge in [0.15, 0.2) is 0 Å². The highest BCUT2D eigenvalue weighted by atomic mass is 16.4. The van der Waals surface area contributed by atoms with Gasteiger partial charge in [0.2, 0.25) is 0 Å². The highest BCUT2D eigenvalue weighted by Crippen LogP contribution is 2.06. The Morgan fingerprint density at radius 3 is 2.46 bits per heavy atom. The molecule has 13 heavy (non-hydrogen) atoms. The van der Waals surface area contributed by atoms with Crippen molar-refractivity contribution in [3.63, 3.8) is 0 Å². The summed E-state index contributed by atoms with van der Waals surface area (Å²) in [5.74, 6) is 0. The zero-order chi connectivity index (χ0) is 9.68. The molecule has 0 aliphatic heterocycles.